The Hall–Kier alpha value is -0.870. The number of rotatable bonds is 5. The third kappa shape index (κ3) is 3.07. The average Bonchev–Trinajstić information content (AvgIpc) is 2.85. The summed E-state index contributed by atoms with van der Waals surface area (Å²) in [5, 5.41) is 3.48. The van der Waals surface area contributed by atoms with Gasteiger partial charge in [0.15, 0.2) is 0 Å². The zero-order valence-electron chi connectivity index (χ0n) is 9.95. The molecule has 0 aliphatic carbocycles. The summed E-state index contributed by atoms with van der Waals surface area (Å²) in [5.41, 5.74) is 0.995. The quantitative estimate of drug-likeness (QED) is 0.906. The fraction of sp³-hybridized carbons (Fsp3) is 0.462. The molecule has 2 heterocycles. The number of hydrogen-bond acceptors (Lipinski definition) is 3. The standard InChI is InChI=1S/C13H17BrN2O/c1-2-7-15-13(11-6-4-9-17-11)12-10(14)5-3-8-16-12/h3,5-6,8,13,15H,2,4,7,9H2,1H3. The number of ether oxygens (including phenoxy) is 1. The van der Waals surface area contributed by atoms with Gasteiger partial charge in [0, 0.05) is 17.1 Å². The molecule has 1 aromatic rings. The zero-order valence-corrected chi connectivity index (χ0v) is 11.5. The molecule has 1 aromatic heterocycles. The Morgan fingerprint density at radius 2 is 2.47 bits per heavy atom. The molecule has 0 aromatic carbocycles. The summed E-state index contributed by atoms with van der Waals surface area (Å²) in [4.78, 5) is 4.45. The lowest BCUT2D eigenvalue weighted by Gasteiger charge is -2.20. The molecular formula is C13H17BrN2O. The van der Waals surface area contributed by atoms with Crippen molar-refractivity contribution in [3.63, 3.8) is 0 Å². The van der Waals surface area contributed by atoms with Crippen LogP contribution < -0.4 is 5.32 Å². The largest absolute Gasteiger partial charge is 0.496 e. The first-order valence-electron chi connectivity index (χ1n) is 5.99. The van der Waals surface area contributed by atoms with Crippen LogP contribution in [0.2, 0.25) is 0 Å². The van der Waals surface area contributed by atoms with Crippen LogP contribution in [-0.4, -0.2) is 18.1 Å². The van der Waals surface area contributed by atoms with Crippen molar-refractivity contribution < 1.29 is 4.74 Å². The molecule has 2 rings (SSSR count). The molecule has 1 N–H and O–H groups in total. The highest BCUT2D eigenvalue weighted by Gasteiger charge is 2.23. The summed E-state index contributed by atoms with van der Waals surface area (Å²) in [6.07, 6.45) is 6.04. The van der Waals surface area contributed by atoms with E-state index in [0.717, 1.165) is 41.9 Å². The van der Waals surface area contributed by atoms with Crippen molar-refractivity contribution in [2.45, 2.75) is 25.8 Å². The Balaban J connectivity index is 2.23. The molecule has 1 unspecified atom stereocenters. The second kappa shape index (κ2) is 6.17. The maximum atomic E-state index is 5.66. The summed E-state index contributed by atoms with van der Waals surface area (Å²) >= 11 is 3.55. The van der Waals surface area contributed by atoms with Crippen molar-refractivity contribution >= 4 is 15.9 Å². The van der Waals surface area contributed by atoms with Gasteiger partial charge in [-0.25, -0.2) is 0 Å². The average molecular weight is 297 g/mol. The summed E-state index contributed by atoms with van der Waals surface area (Å²) in [6, 6.07) is 4.00. The lowest BCUT2D eigenvalue weighted by Crippen LogP contribution is -2.25. The SMILES string of the molecule is CCCNC(C1=CCCO1)c1ncccc1Br. The minimum atomic E-state index is 0.0630. The molecule has 0 saturated carbocycles. The van der Waals surface area contributed by atoms with Crippen LogP contribution in [0.15, 0.2) is 34.6 Å². The lowest BCUT2D eigenvalue weighted by atomic mass is 10.1. The second-order valence-corrected chi connectivity index (χ2v) is 4.86. The first-order valence-corrected chi connectivity index (χ1v) is 6.79. The molecule has 0 fully saturated rings. The topological polar surface area (TPSA) is 34.1 Å². The van der Waals surface area contributed by atoms with Crippen LogP contribution in [0.1, 0.15) is 31.5 Å². The molecule has 1 atom stereocenters. The normalized spacial score (nSPS) is 16.5. The molecule has 3 nitrogen and oxygen atoms in total. The molecule has 1 aliphatic heterocycles. The molecule has 0 radical (unpaired) electrons. The van der Waals surface area contributed by atoms with E-state index in [9.17, 15) is 0 Å². The zero-order chi connectivity index (χ0) is 12.1. The van der Waals surface area contributed by atoms with Gasteiger partial charge in [-0.1, -0.05) is 6.92 Å². The van der Waals surface area contributed by atoms with Gasteiger partial charge in [-0.3, -0.25) is 4.98 Å². The van der Waals surface area contributed by atoms with Crippen molar-refractivity contribution in [1.29, 1.82) is 0 Å². The molecule has 1 aliphatic rings. The van der Waals surface area contributed by atoms with Gasteiger partial charge in [0.1, 0.15) is 11.8 Å². The Bertz CT molecular complexity index is 406. The van der Waals surface area contributed by atoms with E-state index in [1.807, 2.05) is 18.3 Å². The molecular weight excluding hydrogens is 280 g/mol. The molecule has 17 heavy (non-hydrogen) atoms. The van der Waals surface area contributed by atoms with Crippen molar-refractivity contribution in [2.24, 2.45) is 0 Å². The lowest BCUT2D eigenvalue weighted by molar-refractivity contribution is 0.214. The van der Waals surface area contributed by atoms with Gasteiger partial charge in [0.05, 0.1) is 12.3 Å². The van der Waals surface area contributed by atoms with E-state index < -0.39 is 0 Å². The van der Waals surface area contributed by atoms with E-state index >= 15 is 0 Å². The molecule has 92 valence electrons. The number of aromatic nitrogens is 1. The van der Waals surface area contributed by atoms with Crippen molar-refractivity contribution in [3.05, 3.63) is 40.3 Å². The number of halogens is 1. The molecule has 0 saturated heterocycles. The van der Waals surface area contributed by atoms with Crippen molar-refractivity contribution in [1.82, 2.24) is 10.3 Å². The Morgan fingerprint density at radius 3 is 3.12 bits per heavy atom. The first-order chi connectivity index (χ1) is 8.33. The van der Waals surface area contributed by atoms with Crippen LogP contribution in [0.25, 0.3) is 0 Å². The monoisotopic (exact) mass is 296 g/mol. The fourth-order valence-electron chi connectivity index (χ4n) is 1.87. The Morgan fingerprint density at radius 1 is 1.59 bits per heavy atom. The van der Waals surface area contributed by atoms with Gasteiger partial charge in [-0.2, -0.15) is 0 Å². The highest BCUT2D eigenvalue weighted by molar-refractivity contribution is 9.10. The predicted molar refractivity (Wildman–Crippen MR) is 71.6 cm³/mol. The number of pyridine rings is 1. The molecule has 0 spiro atoms. The number of nitrogens with one attached hydrogen (secondary N) is 1. The minimum absolute atomic E-state index is 0.0630. The maximum absolute atomic E-state index is 5.66. The van der Waals surface area contributed by atoms with Gasteiger partial charge in [0.25, 0.3) is 0 Å². The van der Waals surface area contributed by atoms with Crippen LogP contribution in [0, 0.1) is 0 Å². The Labute approximate surface area is 110 Å². The van der Waals surface area contributed by atoms with E-state index in [1.54, 1.807) is 0 Å². The van der Waals surface area contributed by atoms with Crippen LogP contribution >= 0.6 is 15.9 Å². The van der Waals surface area contributed by atoms with Crippen LogP contribution in [0.5, 0.6) is 0 Å². The second-order valence-electron chi connectivity index (χ2n) is 4.00. The third-order valence-electron chi connectivity index (χ3n) is 2.68. The van der Waals surface area contributed by atoms with Gasteiger partial charge in [-0.05, 0) is 47.1 Å². The molecule has 0 bridgehead atoms. The van der Waals surface area contributed by atoms with Gasteiger partial charge in [-0.15, -0.1) is 0 Å². The van der Waals surface area contributed by atoms with E-state index in [0.29, 0.717) is 0 Å². The van der Waals surface area contributed by atoms with E-state index in [4.69, 9.17) is 4.74 Å². The molecule has 0 amide bonds. The Kier molecular flexibility index (Phi) is 4.57. The molecule has 4 heteroatoms. The van der Waals surface area contributed by atoms with Gasteiger partial charge >= 0.3 is 0 Å². The van der Waals surface area contributed by atoms with E-state index in [2.05, 4.69) is 39.2 Å². The van der Waals surface area contributed by atoms with Crippen LogP contribution in [0.4, 0.5) is 0 Å². The highest BCUT2D eigenvalue weighted by atomic mass is 79.9. The van der Waals surface area contributed by atoms with Crippen LogP contribution in [0.3, 0.4) is 0 Å². The summed E-state index contributed by atoms with van der Waals surface area (Å²) < 4.78 is 6.68. The summed E-state index contributed by atoms with van der Waals surface area (Å²) in [5.74, 6) is 0.998. The fourth-order valence-corrected chi connectivity index (χ4v) is 2.35. The van der Waals surface area contributed by atoms with Crippen molar-refractivity contribution in [2.75, 3.05) is 13.2 Å². The first kappa shape index (κ1) is 12.6. The van der Waals surface area contributed by atoms with Crippen LogP contribution in [-0.2, 0) is 4.74 Å². The number of nitrogens with zero attached hydrogens (tertiary/aromatic N) is 1. The van der Waals surface area contributed by atoms with E-state index in [-0.39, 0.29) is 6.04 Å². The summed E-state index contributed by atoms with van der Waals surface area (Å²) in [6.45, 7) is 3.89. The summed E-state index contributed by atoms with van der Waals surface area (Å²) in [7, 11) is 0. The van der Waals surface area contributed by atoms with E-state index in [1.165, 1.54) is 0 Å². The van der Waals surface area contributed by atoms with Gasteiger partial charge in [0.2, 0.25) is 0 Å². The smallest absolute Gasteiger partial charge is 0.115 e. The third-order valence-corrected chi connectivity index (χ3v) is 3.35. The number of hydrogen-bond donors (Lipinski definition) is 1. The maximum Gasteiger partial charge on any atom is 0.115 e. The predicted octanol–water partition coefficient (Wildman–Crippen LogP) is 3.19. The highest BCUT2D eigenvalue weighted by Crippen LogP contribution is 2.29. The van der Waals surface area contributed by atoms with Gasteiger partial charge < -0.3 is 10.1 Å². The van der Waals surface area contributed by atoms with Crippen molar-refractivity contribution in [3.8, 4) is 0 Å². The minimum Gasteiger partial charge on any atom is -0.496 e.